The molecule has 2 rings (SSSR count). The normalized spacial score (nSPS) is 22.5. The van der Waals surface area contributed by atoms with E-state index in [1.807, 2.05) is 0 Å². The number of rotatable bonds is 3. The van der Waals surface area contributed by atoms with Crippen molar-refractivity contribution in [2.45, 2.75) is 31.0 Å². The third kappa shape index (κ3) is 3.85. The van der Waals surface area contributed by atoms with E-state index in [-0.39, 0.29) is 24.7 Å². The lowest BCUT2D eigenvalue weighted by molar-refractivity contribution is -0.141. The molecule has 1 aromatic heterocycles. The zero-order chi connectivity index (χ0) is 16.4. The molecule has 1 unspecified atom stereocenters. The summed E-state index contributed by atoms with van der Waals surface area (Å²) in [4.78, 5) is 13.1. The molecule has 1 fully saturated rings. The molecular formula is C13H17F3N4O2. The number of aliphatic hydroxyl groups is 1. The number of alkyl halides is 3. The summed E-state index contributed by atoms with van der Waals surface area (Å²) in [5.74, 6) is -0.0362. The van der Waals surface area contributed by atoms with Gasteiger partial charge in [-0.25, -0.2) is 0 Å². The minimum Gasteiger partial charge on any atom is -0.388 e. The quantitative estimate of drug-likeness (QED) is 0.868. The molecule has 0 radical (unpaired) electrons. The van der Waals surface area contributed by atoms with Gasteiger partial charge in [-0.05, 0) is 25.0 Å². The first kappa shape index (κ1) is 16.5. The molecule has 122 valence electrons. The summed E-state index contributed by atoms with van der Waals surface area (Å²) in [6.45, 7) is 0.663. The van der Waals surface area contributed by atoms with Crippen molar-refractivity contribution in [3.8, 4) is 0 Å². The van der Waals surface area contributed by atoms with Crippen LogP contribution < -0.4 is 10.2 Å². The standard InChI is InChI=1S/C13H17F3N4O2/c1-17-11(21)7-12(22)5-2-6-20(8-12)10-4-3-9(18-19-10)13(14,15)16/h3-4,22H,2,5-8H2,1H3,(H,17,21). The second kappa shape index (κ2) is 6.07. The summed E-state index contributed by atoms with van der Waals surface area (Å²) in [6.07, 6.45) is -3.54. The van der Waals surface area contributed by atoms with Crippen molar-refractivity contribution in [3.05, 3.63) is 17.8 Å². The number of hydrogen-bond acceptors (Lipinski definition) is 5. The second-order valence-electron chi connectivity index (χ2n) is 5.37. The molecule has 22 heavy (non-hydrogen) atoms. The Hall–Kier alpha value is -1.90. The molecular weight excluding hydrogens is 301 g/mol. The first-order valence-corrected chi connectivity index (χ1v) is 6.82. The monoisotopic (exact) mass is 318 g/mol. The molecule has 2 N–H and O–H groups in total. The van der Waals surface area contributed by atoms with Crippen LogP contribution in [0.5, 0.6) is 0 Å². The van der Waals surface area contributed by atoms with Gasteiger partial charge < -0.3 is 15.3 Å². The minimum atomic E-state index is -4.53. The molecule has 1 atom stereocenters. The predicted molar refractivity (Wildman–Crippen MR) is 72.1 cm³/mol. The Kier molecular flexibility index (Phi) is 4.55. The Morgan fingerprint density at radius 2 is 2.18 bits per heavy atom. The number of carbonyl (C=O) groups excluding carboxylic acids is 1. The summed E-state index contributed by atoms with van der Waals surface area (Å²) in [5, 5.41) is 19.7. The number of halogens is 3. The van der Waals surface area contributed by atoms with Crippen LogP contribution >= 0.6 is 0 Å². The van der Waals surface area contributed by atoms with E-state index in [1.54, 1.807) is 4.90 Å². The predicted octanol–water partition coefficient (Wildman–Crippen LogP) is 0.963. The van der Waals surface area contributed by atoms with Crippen LogP contribution in [0.15, 0.2) is 12.1 Å². The van der Waals surface area contributed by atoms with Crippen molar-refractivity contribution in [3.63, 3.8) is 0 Å². The second-order valence-corrected chi connectivity index (χ2v) is 5.37. The molecule has 2 heterocycles. The van der Waals surface area contributed by atoms with Crippen molar-refractivity contribution < 1.29 is 23.1 Å². The fraction of sp³-hybridized carbons (Fsp3) is 0.615. The molecule has 0 bridgehead atoms. The zero-order valence-corrected chi connectivity index (χ0v) is 12.0. The number of carbonyl (C=O) groups is 1. The summed E-state index contributed by atoms with van der Waals surface area (Å²) in [6, 6.07) is 2.08. The van der Waals surface area contributed by atoms with Gasteiger partial charge in [0.2, 0.25) is 5.91 Å². The number of piperidine rings is 1. The summed E-state index contributed by atoms with van der Waals surface area (Å²) in [5.41, 5.74) is -2.28. The lowest BCUT2D eigenvalue weighted by atomic mass is 9.89. The molecule has 1 aliphatic rings. The highest BCUT2D eigenvalue weighted by molar-refractivity contribution is 5.76. The molecule has 0 aromatic carbocycles. The molecule has 6 nitrogen and oxygen atoms in total. The highest BCUT2D eigenvalue weighted by Crippen LogP contribution is 2.30. The third-order valence-electron chi connectivity index (χ3n) is 3.59. The van der Waals surface area contributed by atoms with Crippen molar-refractivity contribution in [1.82, 2.24) is 15.5 Å². The number of β-amino-alcohol motifs (C(OH)–C–C–N with tert-alkyl or cyclic N) is 1. The van der Waals surface area contributed by atoms with Crippen LogP contribution in [0.2, 0.25) is 0 Å². The Morgan fingerprint density at radius 3 is 2.73 bits per heavy atom. The van der Waals surface area contributed by atoms with Crippen LogP contribution in [0.1, 0.15) is 25.0 Å². The van der Waals surface area contributed by atoms with Crippen LogP contribution in [0, 0.1) is 0 Å². The van der Waals surface area contributed by atoms with Crippen LogP contribution in [0.3, 0.4) is 0 Å². The maximum Gasteiger partial charge on any atom is 0.435 e. The molecule has 9 heteroatoms. The molecule has 1 saturated heterocycles. The smallest absolute Gasteiger partial charge is 0.388 e. The minimum absolute atomic E-state index is 0.0614. The van der Waals surface area contributed by atoms with E-state index in [4.69, 9.17) is 0 Å². The average molecular weight is 318 g/mol. The van der Waals surface area contributed by atoms with Gasteiger partial charge in [-0.1, -0.05) is 0 Å². The zero-order valence-electron chi connectivity index (χ0n) is 12.0. The summed E-state index contributed by atoms with van der Waals surface area (Å²) < 4.78 is 37.4. The van der Waals surface area contributed by atoms with Crippen LogP contribution in [-0.2, 0) is 11.0 Å². The number of nitrogens with zero attached hydrogens (tertiary/aromatic N) is 3. The fourth-order valence-electron chi connectivity index (χ4n) is 2.48. The van der Waals surface area contributed by atoms with E-state index in [9.17, 15) is 23.1 Å². The van der Waals surface area contributed by atoms with Gasteiger partial charge in [-0.15, -0.1) is 10.2 Å². The number of nitrogens with one attached hydrogen (secondary N) is 1. The number of anilines is 1. The number of aromatic nitrogens is 2. The lowest BCUT2D eigenvalue weighted by Gasteiger charge is -2.39. The Bertz CT molecular complexity index is 535. The maximum absolute atomic E-state index is 12.5. The van der Waals surface area contributed by atoms with Crippen LogP contribution in [-0.4, -0.2) is 46.9 Å². The van der Waals surface area contributed by atoms with Gasteiger partial charge in [-0.2, -0.15) is 13.2 Å². The average Bonchev–Trinajstić information content (AvgIpc) is 2.46. The Morgan fingerprint density at radius 1 is 1.45 bits per heavy atom. The first-order chi connectivity index (χ1) is 10.2. The van der Waals surface area contributed by atoms with Crippen molar-refractivity contribution in [1.29, 1.82) is 0 Å². The van der Waals surface area contributed by atoms with Gasteiger partial charge in [0.05, 0.1) is 12.0 Å². The van der Waals surface area contributed by atoms with Gasteiger partial charge in [0.1, 0.15) is 0 Å². The maximum atomic E-state index is 12.5. The highest BCUT2D eigenvalue weighted by atomic mass is 19.4. The first-order valence-electron chi connectivity index (χ1n) is 6.82. The van der Waals surface area contributed by atoms with Gasteiger partial charge in [0, 0.05) is 20.1 Å². The summed E-state index contributed by atoms with van der Waals surface area (Å²) >= 11 is 0. The van der Waals surface area contributed by atoms with Crippen molar-refractivity contribution in [2.24, 2.45) is 0 Å². The molecule has 0 aliphatic carbocycles. The van der Waals surface area contributed by atoms with Crippen LogP contribution in [0.25, 0.3) is 0 Å². The van der Waals surface area contributed by atoms with Gasteiger partial charge in [-0.3, -0.25) is 4.79 Å². The van der Waals surface area contributed by atoms with Crippen molar-refractivity contribution >= 4 is 11.7 Å². The summed E-state index contributed by atoms with van der Waals surface area (Å²) in [7, 11) is 1.48. The van der Waals surface area contributed by atoms with E-state index in [0.29, 0.717) is 19.4 Å². The van der Waals surface area contributed by atoms with Gasteiger partial charge in [0.25, 0.3) is 0 Å². The van der Waals surface area contributed by atoms with E-state index in [0.717, 1.165) is 6.07 Å². The number of amides is 1. The van der Waals surface area contributed by atoms with Crippen molar-refractivity contribution in [2.75, 3.05) is 25.0 Å². The highest BCUT2D eigenvalue weighted by Gasteiger charge is 2.37. The van der Waals surface area contributed by atoms with E-state index in [2.05, 4.69) is 15.5 Å². The van der Waals surface area contributed by atoms with E-state index < -0.39 is 17.5 Å². The third-order valence-corrected chi connectivity index (χ3v) is 3.59. The van der Waals surface area contributed by atoms with Crippen LogP contribution in [0.4, 0.5) is 19.0 Å². The van der Waals surface area contributed by atoms with Gasteiger partial charge in [0.15, 0.2) is 11.5 Å². The molecule has 0 saturated carbocycles. The molecule has 0 spiro atoms. The van der Waals surface area contributed by atoms with Gasteiger partial charge >= 0.3 is 6.18 Å². The SMILES string of the molecule is CNC(=O)CC1(O)CCCN(c2ccc(C(F)(F)F)nn2)C1. The lowest BCUT2D eigenvalue weighted by Crippen LogP contribution is -2.50. The molecule has 1 aromatic rings. The fourth-order valence-corrected chi connectivity index (χ4v) is 2.48. The number of hydrogen-bond donors (Lipinski definition) is 2. The largest absolute Gasteiger partial charge is 0.435 e. The molecule has 1 aliphatic heterocycles. The van der Waals surface area contributed by atoms with E-state index in [1.165, 1.54) is 13.1 Å². The molecule has 1 amide bonds. The topological polar surface area (TPSA) is 78.4 Å². The Labute approximate surface area is 125 Å². The van der Waals surface area contributed by atoms with E-state index >= 15 is 0 Å². The Balaban J connectivity index is 2.10.